The molecular formula is C15H23N5O5. The lowest BCUT2D eigenvalue weighted by atomic mass is 10.1. The molecule has 2 amide bonds. The number of fused-ring (bicyclic) bond motifs is 1. The number of carbonyl (C=O) groups excluding carboxylic acids is 2. The summed E-state index contributed by atoms with van der Waals surface area (Å²) >= 11 is 0. The van der Waals surface area contributed by atoms with Crippen molar-refractivity contribution in [3.63, 3.8) is 0 Å². The average Bonchev–Trinajstić information content (AvgIpc) is 3.25. The van der Waals surface area contributed by atoms with Crippen LogP contribution < -0.4 is 10.6 Å². The topological polar surface area (TPSA) is 117 Å². The van der Waals surface area contributed by atoms with E-state index in [-0.39, 0.29) is 36.9 Å². The van der Waals surface area contributed by atoms with E-state index in [2.05, 4.69) is 20.7 Å². The molecular weight excluding hydrogens is 330 g/mol. The van der Waals surface area contributed by atoms with Gasteiger partial charge in [-0.3, -0.25) is 14.9 Å². The molecule has 25 heavy (non-hydrogen) atoms. The largest absolute Gasteiger partial charge is 0.382 e. The van der Waals surface area contributed by atoms with Crippen LogP contribution in [0.3, 0.4) is 0 Å². The van der Waals surface area contributed by atoms with Crippen molar-refractivity contribution >= 4 is 17.8 Å². The van der Waals surface area contributed by atoms with E-state index in [0.29, 0.717) is 25.6 Å². The normalized spacial score (nSPS) is 22.5. The third-order valence-electron chi connectivity index (χ3n) is 4.09. The number of methoxy groups -OCH3 is 1. The molecule has 10 heteroatoms. The summed E-state index contributed by atoms with van der Waals surface area (Å²) in [5, 5.41) is 9.77. The van der Waals surface area contributed by atoms with Crippen LogP contribution in [0.1, 0.15) is 31.1 Å². The summed E-state index contributed by atoms with van der Waals surface area (Å²) < 4.78 is 17.2. The average molecular weight is 353 g/mol. The fourth-order valence-electron chi connectivity index (χ4n) is 2.82. The first-order chi connectivity index (χ1) is 12.2. The van der Waals surface area contributed by atoms with Crippen LogP contribution in [-0.4, -0.2) is 66.2 Å². The first-order valence-corrected chi connectivity index (χ1v) is 8.38. The Balaban J connectivity index is 1.61. The highest BCUT2D eigenvalue weighted by molar-refractivity contribution is 5.96. The van der Waals surface area contributed by atoms with Gasteiger partial charge in [-0.2, -0.15) is 10.1 Å². The van der Waals surface area contributed by atoms with Crippen molar-refractivity contribution in [3.05, 3.63) is 5.82 Å². The van der Waals surface area contributed by atoms with Crippen LogP contribution in [0.2, 0.25) is 0 Å². The minimum absolute atomic E-state index is 0.0255. The molecule has 1 fully saturated rings. The number of amides is 2. The zero-order chi connectivity index (χ0) is 17.6. The molecule has 0 aliphatic carbocycles. The van der Waals surface area contributed by atoms with Crippen LogP contribution in [0.5, 0.6) is 0 Å². The molecule has 3 heterocycles. The summed E-state index contributed by atoms with van der Waals surface area (Å²) in [6.07, 6.45) is 2.01. The highest BCUT2D eigenvalue weighted by Gasteiger charge is 2.33. The van der Waals surface area contributed by atoms with E-state index in [1.807, 2.05) is 0 Å². The van der Waals surface area contributed by atoms with Crippen LogP contribution in [0.15, 0.2) is 0 Å². The Morgan fingerprint density at radius 2 is 2.36 bits per heavy atom. The maximum Gasteiger partial charge on any atom is 0.245 e. The molecule has 0 radical (unpaired) electrons. The van der Waals surface area contributed by atoms with Gasteiger partial charge in [0.2, 0.25) is 17.8 Å². The molecule has 3 rings (SSSR count). The fraction of sp³-hybridized carbons (Fsp3) is 0.733. The Morgan fingerprint density at radius 1 is 1.48 bits per heavy atom. The second kappa shape index (κ2) is 8.37. The van der Waals surface area contributed by atoms with Gasteiger partial charge in [-0.1, -0.05) is 0 Å². The lowest BCUT2D eigenvalue weighted by molar-refractivity contribution is -0.129. The zero-order valence-electron chi connectivity index (χ0n) is 14.2. The molecule has 1 aromatic heterocycles. The minimum Gasteiger partial charge on any atom is -0.382 e. The maximum atomic E-state index is 12.5. The molecule has 2 atom stereocenters. The molecule has 0 spiro atoms. The second-order valence-corrected chi connectivity index (χ2v) is 5.99. The van der Waals surface area contributed by atoms with E-state index in [0.717, 1.165) is 19.4 Å². The predicted molar refractivity (Wildman–Crippen MR) is 85.8 cm³/mol. The summed E-state index contributed by atoms with van der Waals surface area (Å²) in [7, 11) is 1.59. The number of carbonyl (C=O) groups is 2. The van der Waals surface area contributed by atoms with Crippen molar-refractivity contribution in [2.24, 2.45) is 0 Å². The van der Waals surface area contributed by atoms with Gasteiger partial charge in [0, 0.05) is 20.3 Å². The van der Waals surface area contributed by atoms with Crippen molar-refractivity contribution in [3.8, 4) is 0 Å². The van der Waals surface area contributed by atoms with Crippen molar-refractivity contribution in [1.82, 2.24) is 20.1 Å². The third-order valence-corrected chi connectivity index (χ3v) is 4.09. The van der Waals surface area contributed by atoms with E-state index in [1.54, 1.807) is 7.11 Å². The van der Waals surface area contributed by atoms with Gasteiger partial charge < -0.3 is 19.5 Å². The molecule has 10 nitrogen and oxygen atoms in total. The van der Waals surface area contributed by atoms with Gasteiger partial charge in [0.1, 0.15) is 12.6 Å². The second-order valence-electron chi connectivity index (χ2n) is 5.99. The summed E-state index contributed by atoms with van der Waals surface area (Å²) in [5.41, 5.74) is 0. The van der Waals surface area contributed by atoms with Gasteiger partial charge in [-0.15, -0.1) is 0 Å². The number of hydrogen-bond donors (Lipinski definition) is 2. The van der Waals surface area contributed by atoms with Crippen LogP contribution >= 0.6 is 0 Å². The lowest BCUT2D eigenvalue weighted by Gasteiger charge is -2.23. The number of nitrogens with zero attached hydrogens (tertiary/aromatic N) is 3. The van der Waals surface area contributed by atoms with E-state index in [9.17, 15) is 9.59 Å². The third kappa shape index (κ3) is 4.53. The van der Waals surface area contributed by atoms with Gasteiger partial charge in [0.15, 0.2) is 5.82 Å². The Hall–Kier alpha value is -2.04. The Kier molecular flexibility index (Phi) is 5.95. The monoisotopic (exact) mass is 353 g/mol. The van der Waals surface area contributed by atoms with Crippen molar-refractivity contribution in [1.29, 1.82) is 0 Å². The molecule has 0 unspecified atom stereocenters. The fourth-order valence-corrected chi connectivity index (χ4v) is 2.82. The van der Waals surface area contributed by atoms with Crippen molar-refractivity contribution < 1.29 is 23.8 Å². The minimum atomic E-state index is -0.717. The predicted octanol–water partition coefficient (Wildman–Crippen LogP) is -0.380. The smallest absolute Gasteiger partial charge is 0.245 e. The molecule has 2 N–H and O–H groups in total. The number of hydrogen-bond acceptors (Lipinski definition) is 7. The van der Waals surface area contributed by atoms with E-state index in [4.69, 9.17) is 14.2 Å². The highest BCUT2D eigenvalue weighted by atomic mass is 16.5. The Morgan fingerprint density at radius 3 is 3.12 bits per heavy atom. The molecule has 2 aliphatic rings. The molecule has 0 aromatic carbocycles. The standard InChI is InChI=1S/C15H23N5O5/c1-23-5-6-24-9-12-17-15-18-13(21)7-11(20(15)19-12)14(22)16-8-10-3-2-4-25-10/h10-11H,2-9H2,1H3,(H,16,22)(H,17,18,19,21)/t10-,11-/m0/s1. The van der Waals surface area contributed by atoms with E-state index in [1.165, 1.54) is 4.68 Å². The van der Waals surface area contributed by atoms with Crippen LogP contribution in [-0.2, 0) is 30.4 Å². The molecule has 138 valence electrons. The first-order valence-electron chi connectivity index (χ1n) is 8.38. The first kappa shape index (κ1) is 17.8. The number of anilines is 1. The molecule has 1 aromatic rings. The highest BCUT2D eigenvalue weighted by Crippen LogP contribution is 2.23. The Labute approximate surface area is 145 Å². The van der Waals surface area contributed by atoms with E-state index >= 15 is 0 Å². The van der Waals surface area contributed by atoms with Crippen molar-refractivity contribution in [2.75, 3.05) is 38.8 Å². The van der Waals surface area contributed by atoms with Gasteiger partial charge in [0.05, 0.1) is 25.7 Å². The van der Waals surface area contributed by atoms with Crippen molar-refractivity contribution in [2.45, 2.75) is 38.0 Å². The van der Waals surface area contributed by atoms with Gasteiger partial charge >= 0.3 is 0 Å². The number of rotatable bonds is 8. The Bertz CT molecular complexity index is 613. The summed E-state index contributed by atoms with van der Waals surface area (Å²) in [4.78, 5) is 28.6. The molecule has 0 saturated carbocycles. The number of nitrogens with one attached hydrogen (secondary N) is 2. The van der Waals surface area contributed by atoms with Crippen LogP contribution in [0, 0.1) is 0 Å². The molecule has 2 aliphatic heterocycles. The SMILES string of the molecule is COCCOCc1nc2n(n1)[C@H](C(=O)NC[C@@H]1CCCO1)CC(=O)N2. The number of aromatic nitrogens is 3. The zero-order valence-corrected chi connectivity index (χ0v) is 14.2. The summed E-state index contributed by atoms with van der Waals surface area (Å²) in [6, 6.07) is -0.717. The summed E-state index contributed by atoms with van der Waals surface area (Å²) in [5.74, 6) is 0.149. The number of ether oxygens (including phenoxy) is 3. The van der Waals surface area contributed by atoms with Crippen LogP contribution in [0.4, 0.5) is 5.95 Å². The maximum absolute atomic E-state index is 12.5. The molecule has 1 saturated heterocycles. The van der Waals surface area contributed by atoms with Gasteiger partial charge in [0.25, 0.3) is 0 Å². The lowest BCUT2D eigenvalue weighted by Crippen LogP contribution is -2.41. The van der Waals surface area contributed by atoms with Gasteiger partial charge in [-0.05, 0) is 12.8 Å². The summed E-state index contributed by atoms with van der Waals surface area (Å²) in [6.45, 7) is 2.24. The van der Waals surface area contributed by atoms with Crippen LogP contribution in [0.25, 0.3) is 0 Å². The van der Waals surface area contributed by atoms with Gasteiger partial charge in [-0.25, -0.2) is 4.68 Å². The molecule has 0 bridgehead atoms. The van der Waals surface area contributed by atoms with E-state index < -0.39 is 6.04 Å². The quantitative estimate of drug-likeness (QED) is 0.612.